The van der Waals surface area contributed by atoms with Crippen LogP contribution >= 0.6 is 11.3 Å². The third-order valence-electron chi connectivity index (χ3n) is 3.68. The largest absolute Gasteiger partial charge is 0.463 e. The van der Waals surface area contributed by atoms with Crippen molar-refractivity contribution in [3.8, 4) is 0 Å². The number of methoxy groups -OCH3 is 1. The van der Waals surface area contributed by atoms with Gasteiger partial charge in [0.1, 0.15) is 12.4 Å². The van der Waals surface area contributed by atoms with Crippen molar-refractivity contribution in [1.29, 1.82) is 0 Å². The number of carbonyl (C=O) groups is 2. The molecule has 0 saturated heterocycles. The molecule has 0 atom stereocenters. The summed E-state index contributed by atoms with van der Waals surface area (Å²) in [5.74, 6) is -0.376. The van der Waals surface area contributed by atoms with Crippen LogP contribution in [-0.4, -0.2) is 19.0 Å². The van der Waals surface area contributed by atoms with Crippen LogP contribution in [0.2, 0.25) is 0 Å². The summed E-state index contributed by atoms with van der Waals surface area (Å²) < 4.78 is 15.1. The summed E-state index contributed by atoms with van der Waals surface area (Å²) >= 11 is 1.63. The molecule has 22 heavy (non-hydrogen) atoms. The van der Waals surface area contributed by atoms with E-state index < -0.39 is 5.97 Å². The molecule has 0 spiro atoms. The van der Waals surface area contributed by atoms with Crippen LogP contribution in [0.15, 0.2) is 21.9 Å². The number of esters is 2. The summed E-state index contributed by atoms with van der Waals surface area (Å²) in [5, 5.41) is 1.88. The first-order valence-corrected chi connectivity index (χ1v) is 8.00. The molecule has 116 valence electrons. The number of thiophene rings is 1. The molecule has 0 fully saturated rings. The number of carbonyl (C=O) groups excluding carboxylic acids is 2. The van der Waals surface area contributed by atoms with Gasteiger partial charge in [-0.25, -0.2) is 9.59 Å². The highest BCUT2D eigenvalue weighted by Gasteiger charge is 2.21. The zero-order chi connectivity index (χ0) is 15.5. The molecule has 5 nitrogen and oxygen atoms in total. The number of fused-ring (bicyclic) bond motifs is 1. The van der Waals surface area contributed by atoms with Gasteiger partial charge in [0.25, 0.3) is 0 Å². The number of hydrogen-bond donors (Lipinski definition) is 0. The first-order chi connectivity index (χ1) is 10.7. The average molecular weight is 320 g/mol. The second-order valence-corrected chi connectivity index (χ2v) is 6.06. The van der Waals surface area contributed by atoms with Gasteiger partial charge in [-0.15, -0.1) is 11.3 Å². The molecule has 0 radical (unpaired) electrons. The van der Waals surface area contributed by atoms with Crippen molar-refractivity contribution in [2.75, 3.05) is 7.11 Å². The van der Waals surface area contributed by atoms with Gasteiger partial charge in [0.2, 0.25) is 5.76 Å². The molecule has 2 heterocycles. The van der Waals surface area contributed by atoms with Gasteiger partial charge in [0.15, 0.2) is 0 Å². The van der Waals surface area contributed by atoms with Crippen molar-refractivity contribution in [3.63, 3.8) is 0 Å². The zero-order valence-corrected chi connectivity index (χ0v) is 13.0. The summed E-state index contributed by atoms with van der Waals surface area (Å²) in [6, 6.07) is 3.10. The van der Waals surface area contributed by atoms with Gasteiger partial charge in [-0.05, 0) is 43.4 Å². The normalized spacial score (nSPS) is 13.5. The summed E-state index contributed by atoms with van der Waals surface area (Å²) in [5.41, 5.74) is 1.80. The highest BCUT2D eigenvalue weighted by atomic mass is 32.1. The maximum absolute atomic E-state index is 12.2. The van der Waals surface area contributed by atoms with Gasteiger partial charge in [0.05, 0.1) is 12.7 Å². The van der Waals surface area contributed by atoms with Crippen molar-refractivity contribution >= 4 is 23.3 Å². The van der Waals surface area contributed by atoms with Crippen LogP contribution in [0.4, 0.5) is 0 Å². The van der Waals surface area contributed by atoms with E-state index in [1.807, 2.05) is 5.38 Å². The minimum Gasteiger partial charge on any atom is -0.463 e. The second-order valence-electron chi connectivity index (χ2n) is 5.09. The molecule has 0 aromatic carbocycles. The lowest BCUT2D eigenvalue weighted by Crippen LogP contribution is -2.09. The third kappa shape index (κ3) is 2.92. The number of furan rings is 1. The summed E-state index contributed by atoms with van der Waals surface area (Å²) in [7, 11) is 1.28. The van der Waals surface area contributed by atoms with Crippen LogP contribution in [0, 0.1) is 0 Å². The van der Waals surface area contributed by atoms with Crippen LogP contribution in [0.5, 0.6) is 0 Å². The van der Waals surface area contributed by atoms with Crippen molar-refractivity contribution in [1.82, 2.24) is 0 Å². The van der Waals surface area contributed by atoms with Gasteiger partial charge in [-0.1, -0.05) is 0 Å². The molecule has 0 amide bonds. The van der Waals surface area contributed by atoms with Crippen molar-refractivity contribution in [2.24, 2.45) is 0 Å². The molecule has 0 bridgehead atoms. The van der Waals surface area contributed by atoms with E-state index in [1.54, 1.807) is 17.4 Å². The maximum atomic E-state index is 12.2. The fraction of sp³-hybridized carbons (Fsp3) is 0.375. The van der Waals surface area contributed by atoms with Crippen LogP contribution in [0.25, 0.3) is 0 Å². The minimum absolute atomic E-state index is 0.000444. The average Bonchev–Trinajstić information content (AvgIpc) is 3.18. The van der Waals surface area contributed by atoms with Gasteiger partial charge in [0, 0.05) is 10.3 Å². The lowest BCUT2D eigenvalue weighted by Gasteiger charge is -2.12. The lowest BCUT2D eigenvalue weighted by atomic mass is 9.96. The molecule has 0 aliphatic heterocycles. The predicted molar refractivity (Wildman–Crippen MR) is 80.1 cm³/mol. The SMILES string of the molecule is COC(=O)c1ccc(COC(=O)c2csc3c2CCCC3)o1. The first kappa shape index (κ1) is 14.8. The van der Waals surface area contributed by atoms with E-state index >= 15 is 0 Å². The summed E-state index contributed by atoms with van der Waals surface area (Å²) in [6.45, 7) is 0.000444. The highest BCUT2D eigenvalue weighted by Crippen LogP contribution is 2.30. The van der Waals surface area contributed by atoms with E-state index in [0.29, 0.717) is 11.3 Å². The number of rotatable bonds is 4. The maximum Gasteiger partial charge on any atom is 0.373 e. The lowest BCUT2D eigenvalue weighted by molar-refractivity contribution is 0.0437. The number of hydrogen-bond acceptors (Lipinski definition) is 6. The fourth-order valence-corrected chi connectivity index (χ4v) is 3.66. The number of ether oxygens (including phenoxy) is 2. The zero-order valence-electron chi connectivity index (χ0n) is 12.2. The standard InChI is InChI=1S/C16H16O5S/c1-19-16(18)13-7-6-10(21-13)8-20-15(17)12-9-22-14-5-3-2-4-11(12)14/h6-7,9H,2-5,8H2,1H3. The van der Waals surface area contributed by atoms with E-state index in [-0.39, 0.29) is 18.3 Å². The van der Waals surface area contributed by atoms with E-state index in [9.17, 15) is 9.59 Å². The Bertz CT molecular complexity index is 697. The first-order valence-electron chi connectivity index (χ1n) is 7.12. The molecular weight excluding hydrogens is 304 g/mol. The molecule has 1 aliphatic rings. The molecule has 2 aromatic rings. The quantitative estimate of drug-likeness (QED) is 0.808. The molecule has 0 saturated carbocycles. The summed E-state index contributed by atoms with van der Waals surface area (Å²) in [6.07, 6.45) is 4.29. The van der Waals surface area contributed by atoms with E-state index in [2.05, 4.69) is 4.74 Å². The van der Waals surface area contributed by atoms with Crippen LogP contribution < -0.4 is 0 Å². The summed E-state index contributed by atoms with van der Waals surface area (Å²) in [4.78, 5) is 24.8. The Balaban J connectivity index is 1.64. The van der Waals surface area contributed by atoms with Crippen LogP contribution in [-0.2, 0) is 28.9 Å². The van der Waals surface area contributed by atoms with E-state index in [1.165, 1.54) is 24.5 Å². The smallest absolute Gasteiger partial charge is 0.373 e. The Morgan fingerprint density at radius 2 is 2.05 bits per heavy atom. The van der Waals surface area contributed by atoms with Gasteiger partial charge in [-0.3, -0.25) is 0 Å². The Labute approximate surface area is 131 Å². The molecule has 6 heteroatoms. The van der Waals surface area contributed by atoms with Crippen molar-refractivity contribution < 1.29 is 23.5 Å². The van der Waals surface area contributed by atoms with Crippen molar-refractivity contribution in [2.45, 2.75) is 32.3 Å². The Hall–Kier alpha value is -2.08. The number of aryl methyl sites for hydroxylation is 1. The fourth-order valence-electron chi connectivity index (χ4n) is 2.55. The van der Waals surface area contributed by atoms with Gasteiger partial charge < -0.3 is 13.9 Å². The van der Waals surface area contributed by atoms with Crippen LogP contribution in [0.3, 0.4) is 0 Å². The second kappa shape index (κ2) is 6.36. The van der Waals surface area contributed by atoms with Gasteiger partial charge in [-0.2, -0.15) is 0 Å². The topological polar surface area (TPSA) is 65.7 Å². The molecule has 0 N–H and O–H groups in total. The molecule has 2 aromatic heterocycles. The molecule has 3 rings (SSSR count). The van der Waals surface area contributed by atoms with E-state index in [0.717, 1.165) is 24.8 Å². The highest BCUT2D eigenvalue weighted by molar-refractivity contribution is 7.10. The molecular formula is C16H16O5S. The van der Waals surface area contributed by atoms with Crippen LogP contribution in [0.1, 0.15) is 50.0 Å². The Morgan fingerprint density at radius 3 is 2.86 bits per heavy atom. The molecule has 0 unspecified atom stereocenters. The Morgan fingerprint density at radius 1 is 1.23 bits per heavy atom. The monoisotopic (exact) mass is 320 g/mol. The minimum atomic E-state index is -0.551. The third-order valence-corrected chi connectivity index (χ3v) is 4.76. The molecule has 1 aliphatic carbocycles. The van der Waals surface area contributed by atoms with Crippen molar-refractivity contribution in [3.05, 3.63) is 45.0 Å². The van der Waals surface area contributed by atoms with Gasteiger partial charge >= 0.3 is 11.9 Å². The Kier molecular flexibility index (Phi) is 4.29. The predicted octanol–water partition coefficient (Wildman–Crippen LogP) is 3.36. The van der Waals surface area contributed by atoms with E-state index in [4.69, 9.17) is 9.15 Å².